The number of carbonyl (C=O) groups excluding carboxylic acids is 1. The second kappa shape index (κ2) is 7.39. The molecule has 3 nitrogen and oxygen atoms in total. The average Bonchev–Trinajstić information content (AvgIpc) is 2.36. The summed E-state index contributed by atoms with van der Waals surface area (Å²) in [5.41, 5.74) is 6.41. The maximum atomic E-state index is 13.1. The van der Waals surface area contributed by atoms with E-state index < -0.39 is 0 Å². The number of nitrogens with two attached hydrogens (primary N) is 1. The molecule has 0 radical (unpaired) electrons. The standard InChI is InChI=1S/C16H25FN2O/c1-12(13-5-4-6-14(17)11-13)19-15(20)7-8-16(2,3)9-10-18/h4-6,11-12H,7-10,18H2,1-3H3,(H,19,20). The van der Waals surface area contributed by atoms with Crippen molar-refractivity contribution < 1.29 is 9.18 Å². The van der Waals surface area contributed by atoms with Gasteiger partial charge < -0.3 is 11.1 Å². The lowest BCUT2D eigenvalue weighted by molar-refractivity contribution is -0.122. The van der Waals surface area contributed by atoms with Crippen molar-refractivity contribution >= 4 is 5.91 Å². The Balaban J connectivity index is 2.46. The molecule has 1 aromatic rings. The molecule has 0 aromatic heterocycles. The second-order valence-corrected chi connectivity index (χ2v) is 6.05. The summed E-state index contributed by atoms with van der Waals surface area (Å²) >= 11 is 0. The normalized spacial score (nSPS) is 13.1. The fourth-order valence-corrected chi connectivity index (χ4v) is 2.14. The van der Waals surface area contributed by atoms with Gasteiger partial charge in [-0.3, -0.25) is 4.79 Å². The van der Waals surface area contributed by atoms with E-state index in [4.69, 9.17) is 5.73 Å². The Kier molecular flexibility index (Phi) is 6.14. The van der Waals surface area contributed by atoms with E-state index in [1.807, 2.05) is 13.0 Å². The smallest absolute Gasteiger partial charge is 0.220 e. The lowest BCUT2D eigenvalue weighted by Gasteiger charge is -2.24. The Morgan fingerprint density at radius 1 is 1.40 bits per heavy atom. The molecule has 0 aliphatic heterocycles. The molecule has 0 saturated heterocycles. The topological polar surface area (TPSA) is 55.1 Å². The van der Waals surface area contributed by atoms with Crippen molar-refractivity contribution in [2.24, 2.45) is 11.1 Å². The summed E-state index contributed by atoms with van der Waals surface area (Å²) in [5, 5.41) is 2.90. The number of amides is 1. The van der Waals surface area contributed by atoms with Gasteiger partial charge in [-0.15, -0.1) is 0 Å². The van der Waals surface area contributed by atoms with Gasteiger partial charge in [-0.2, -0.15) is 0 Å². The van der Waals surface area contributed by atoms with Gasteiger partial charge in [0.05, 0.1) is 6.04 Å². The maximum absolute atomic E-state index is 13.1. The zero-order valence-corrected chi connectivity index (χ0v) is 12.6. The molecule has 4 heteroatoms. The quantitative estimate of drug-likeness (QED) is 0.806. The van der Waals surface area contributed by atoms with Crippen LogP contribution in [0.4, 0.5) is 4.39 Å². The van der Waals surface area contributed by atoms with E-state index in [2.05, 4.69) is 19.2 Å². The van der Waals surface area contributed by atoms with Crippen molar-refractivity contribution in [2.75, 3.05) is 6.54 Å². The summed E-state index contributed by atoms with van der Waals surface area (Å²) in [6.07, 6.45) is 2.16. The highest BCUT2D eigenvalue weighted by atomic mass is 19.1. The van der Waals surface area contributed by atoms with E-state index in [9.17, 15) is 9.18 Å². The number of nitrogens with one attached hydrogen (secondary N) is 1. The van der Waals surface area contributed by atoms with E-state index in [0.29, 0.717) is 13.0 Å². The first-order valence-corrected chi connectivity index (χ1v) is 7.09. The zero-order chi connectivity index (χ0) is 15.2. The van der Waals surface area contributed by atoms with Crippen molar-refractivity contribution in [2.45, 2.75) is 46.1 Å². The number of hydrogen-bond acceptors (Lipinski definition) is 2. The summed E-state index contributed by atoms with van der Waals surface area (Å²) in [5.74, 6) is -0.292. The van der Waals surface area contributed by atoms with Crippen LogP contribution in [0.15, 0.2) is 24.3 Å². The molecule has 0 bridgehead atoms. The first-order chi connectivity index (χ1) is 9.34. The second-order valence-electron chi connectivity index (χ2n) is 6.05. The lowest BCUT2D eigenvalue weighted by Crippen LogP contribution is -2.28. The molecule has 0 aliphatic carbocycles. The van der Waals surface area contributed by atoms with Gasteiger partial charge in [0.2, 0.25) is 5.91 Å². The molecule has 0 heterocycles. The predicted molar refractivity (Wildman–Crippen MR) is 79.6 cm³/mol. The minimum atomic E-state index is -0.285. The summed E-state index contributed by atoms with van der Waals surface area (Å²) in [6, 6.07) is 6.12. The monoisotopic (exact) mass is 280 g/mol. The molecular formula is C16H25FN2O. The van der Waals surface area contributed by atoms with E-state index in [1.54, 1.807) is 6.07 Å². The van der Waals surface area contributed by atoms with E-state index >= 15 is 0 Å². The van der Waals surface area contributed by atoms with Crippen molar-refractivity contribution in [3.63, 3.8) is 0 Å². The zero-order valence-electron chi connectivity index (χ0n) is 12.6. The van der Waals surface area contributed by atoms with Crippen molar-refractivity contribution in [3.05, 3.63) is 35.6 Å². The molecule has 0 fully saturated rings. The summed E-state index contributed by atoms with van der Waals surface area (Å²) in [6.45, 7) is 6.72. The van der Waals surface area contributed by atoms with Gasteiger partial charge in [0.25, 0.3) is 0 Å². The summed E-state index contributed by atoms with van der Waals surface area (Å²) in [7, 11) is 0. The molecular weight excluding hydrogens is 255 g/mol. The SMILES string of the molecule is CC(NC(=O)CCC(C)(C)CCN)c1cccc(F)c1. The van der Waals surface area contributed by atoms with Crippen LogP contribution in [-0.4, -0.2) is 12.5 Å². The fraction of sp³-hybridized carbons (Fsp3) is 0.562. The van der Waals surface area contributed by atoms with E-state index in [0.717, 1.165) is 18.4 Å². The third-order valence-corrected chi connectivity index (χ3v) is 3.58. The molecule has 1 atom stereocenters. The Hall–Kier alpha value is -1.42. The maximum Gasteiger partial charge on any atom is 0.220 e. The molecule has 1 unspecified atom stereocenters. The van der Waals surface area contributed by atoms with Crippen LogP contribution < -0.4 is 11.1 Å². The Bertz CT molecular complexity index is 446. The van der Waals surface area contributed by atoms with Gasteiger partial charge in [-0.05, 0) is 49.4 Å². The predicted octanol–water partition coefficient (Wildman–Crippen LogP) is 3.16. The van der Waals surface area contributed by atoms with Crippen LogP contribution in [0, 0.1) is 11.2 Å². The minimum absolute atomic E-state index is 0.00754. The largest absolute Gasteiger partial charge is 0.350 e. The van der Waals surface area contributed by atoms with Crippen LogP contribution in [0.1, 0.15) is 51.6 Å². The van der Waals surface area contributed by atoms with E-state index in [-0.39, 0.29) is 23.2 Å². The number of halogens is 1. The molecule has 3 N–H and O–H groups in total. The molecule has 1 amide bonds. The molecule has 0 saturated carbocycles. The van der Waals surface area contributed by atoms with Crippen LogP contribution in [0.5, 0.6) is 0 Å². The molecule has 20 heavy (non-hydrogen) atoms. The highest BCUT2D eigenvalue weighted by Crippen LogP contribution is 2.26. The molecule has 1 aromatic carbocycles. The lowest BCUT2D eigenvalue weighted by atomic mass is 9.84. The Morgan fingerprint density at radius 3 is 2.70 bits per heavy atom. The molecule has 0 spiro atoms. The number of benzene rings is 1. The van der Waals surface area contributed by atoms with Gasteiger partial charge in [0.15, 0.2) is 0 Å². The van der Waals surface area contributed by atoms with Crippen LogP contribution in [0.25, 0.3) is 0 Å². The van der Waals surface area contributed by atoms with Crippen molar-refractivity contribution in [3.8, 4) is 0 Å². The molecule has 0 aliphatic rings. The van der Waals surface area contributed by atoms with Crippen LogP contribution in [-0.2, 0) is 4.79 Å². The summed E-state index contributed by atoms with van der Waals surface area (Å²) in [4.78, 5) is 11.9. The fourth-order valence-electron chi connectivity index (χ4n) is 2.14. The van der Waals surface area contributed by atoms with Crippen LogP contribution >= 0.6 is 0 Å². The van der Waals surface area contributed by atoms with E-state index in [1.165, 1.54) is 12.1 Å². The van der Waals surface area contributed by atoms with Crippen molar-refractivity contribution in [1.29, 1.82) is 0 Å². The van der Waals surface area contributed by atoms with Gasteiger partial charge in [-0.1, -0.05) is 26.0 Å². The average molecular weight is 280 g/mol. The van der Waals surface area contributed by atoms with Gasteiger partial charge >= 0.3 is 0 Å². The first-order valence-electron chi connectivity index (χ1n) is 7.09. The molecule has 1 rings (SSSR count). The highest BCUT2D eigenvalue weighted by molar-refractivity contribution is 5.76. The number of carbonyl (C=O) groups is 1. The van der Waals surface area contributed by atoms with Crippen LogP contribution in [0.2, 0.25) is 0 Å². The third-order valence-electron chi connectivity index (χ3n) is 3.58. The van der Waals surface area contributed by atoms with Crippen LogP contribution in [0.3, 0.4) is 0 Å². The minimum Gasteiger partial charge on any atom is -0.350 e. The number of rotatable bonds is 7. The molecule has 112 valence electrons. The van der Waals surface area contributed by atoms with Crippen molar-refractivity contribution in [1.82, 2.24) is 5.32 Å². The Morgan fingerprint density at radius 2 is 2.10 bits per heavy atom. The Labute approximate surface area is 120 Å². The van der Waals surface area contributed by atoms with Gasteiger partial charge in [-0.25, -0.2) is 4.39 Å². The highest BCUT2D eigenvalue weighted by Gasteiger charge is 2.19. The number of hydrogen-bond donors (Lipinski definition) is 2. The third kappa shape index (κ3) is 5.70. The summed E-state index contributed by atoms with van der Waals surface area (Å²) < 4.78 is 13.1. The van der Waals surface area contributed by atoms with Gasteiger partial charge in [0.1, 0.15) is 5.82 Å². The first kappa shape index (κ1) is 16.6. The van der Waals surface area contributed by atoms with Gasteiger partial charge in [0, 0.05) is 6.42 Å².